The van der Waals surface area contributed by atoms with Gasteiger partial charge in [-0.2, -0.15) is 0 Å². The average molecular weight is 386 g/mol. The monoisotopic (exact) mass is 386 g/mol. The first-order valence-corrected chi connectivity index (χ1v) is 10.1. The van der Waals surface area contributed by atoms with Crippen molar-refractivity contribution in [3.8, 4) is 0 Å². The number of carbonyl (C=O) groups is 2. The molecule has 0 unspecified atom stereocenters. The minimum absolute atomic E-state index is 0.00540. The van der Waals surface area contributed by atoms with Gasteiger partial charge in [-0.15, -0.1) is 0 Å². The van der Waals surface area contributed by atoms with Crippen LogP contribution in [0.15, 0.2) is 66.7 Å². The molecule has 2 atom stereocenters. The number of fused-ring (bicyclic) bond motifs is 2. The molecule has 0 fully saturated rings. The Morgan fingerprint density at radius 3 is 2.52 bits per heavy atom. The number of nitrogens with zero attached hydrogens (tertiary/aromatic N) is 1. The summed E-state index contributed by atoms with van der Waals surface area (Å²) < 4.78 is 0. The van der Waals surface area contributed by atoms with Gasteiger partial charge in [-0.05, 0) is 48.7 Å². The topological polar surface area (TPSA) is 49.4 Å². The third kappa shape index (κ3) is 3.19. The van der Waals surface area contributed by atoms with Crippen molar-refractivity contribution < 1.29 is 9.59 Å². The lowest BCUT2D eigenvalue weighted by Gasteiger charge is -2.25. The van der Waals surface area contributed by atoms with Crippen LogP contribution in [0.4, 0.5) is 5.69 Å². The number of hydrogen-bond acceptors (Lipinski definition) is 2. The molecule has 2 amide bonds. The number of rotatable bonds is 5. The van der Waals surface area contributed by atoms with Crippen LogP contribution in [-0.2, 0) is 15.0 Å². The summed E-state index contributed by atoms with van der Waals surface area (Å²) in [5, 5.41) is 5.40. The fraction of sp³-hybridized carbons (Fsp3) is 0.280. The van der Waals surface area contributed by atoms with E-state index in [4.69, 9.17) is 0 Å². The minimum atomic E-state index is -0.838. The highest BCUT2D eigenvalue weighted by Crippen LogP contribution is 2.43. The maximum absolute atomic E-state index is 13.1. The van der Waals surface area contributed by atoms with Crippen molar-refractivity contribution in [1.82, 2.24) is 5.32 Å². The Labute approximate surface area is 171 Å². The van der Waals surface area contributed by atoms with E-state index in [0.717, 1.165) is 27.6 Å². The van der Waals surface area contributed by atoms with E-state index in [1.807, 2.05) is 69.3 Å². The molecule has 0 saturated carbocycles. The van der Waals surface area contributed by atoms with E-state index in [9.17, 15) is 9.59 Å². The maximum Gasteiger partial charge on any atom is 0.237 e. The smallest absolute Gasteiger partial charge is 0.237 e. The molecule has 1 aliphatic heterocycles. The van der Waals surface area contributed by atoms with Crippen LogP contribution in [0.2, 0.25) is 0 Å². The molecule has 1 heterocycles. The predicted octanol–water partition coefficient (Wildman–Crippen LogP) is 4.73. The van der Waals surface area contributed by atoms with Crippen molar-refractivity contribution in [1.29, 1.82) is 0 Å². The number of hydrogen-bond donors (Lipinski definition) is 1. The lowest BCUT2D eigenvalue weighted by molar-refractivity contribution is -0.129. The molecule has 3 aromatic carbocycles. The lowest BCUT2D eigenvalue weighted by atomic mass is 9.80. The number of amides is 2. The highest BCUT2D eigenvalue weighted by molar-refractivity contribution is 6.09. The van der Waals surface area contributed by atoms with Crippen molar-refractivity contribution in [3.05, 3.63) is 77.9 Å². The van der Waals surface area contributed by atoms with Crippen LogP contribution in [0.25, 0.3) is 10.8 Å². The second kappa shape index (κ2) is 7.36. The van der Waals surface area contributed by atoms with Gasteiger partial charge >= 0.3 is 0 Å². The normalized spacial score (nSPS) is 19.3. The standard InChI is InChI=1S/C25H26N2O2/c1-4-27-22-15-8-7-14-21(22)25(3,24(27)29)16-23(28)26-17(2)19-13-9-11-18-10-5-6-12-20(18)19/h5-15,17H,4,16H2,1-3H3,(H,26,28)/t17-,25-/m1/s1. The van der Waals surface area contributed by atoms with Crippen molar-refractivity contribution in [2.24, 2.45) is 0 Å². The first-order chi connectivity index (χ1) is 14.0. The molecule has 4 rings (SSSR count). The fourth-order valence-electron chi connectivity index (χ4n) is 4.50. The Morgan fingerprint density at radius 1 is 1.03 bits per heavy atom. The summed E-state index contributed by atoms with van der Waals surface area (Å²) in [6.07, 6.45) is 0.133. The minimum Gasteiger partial charge on any atom is -0.350 e. The van der Waals surface area contributed by atoms with E-state index in [0.29, 0.717) is 6.54 Å². The highest BCUT2D eigenvalue weighted by Gasteiger charge is 2.47. The zero-order valence-electron chi connectivity index (χ0n) is 17.1. The van der Waals surface area contributed by atoms with Crippen molar-refractivity contribution in [2.75, 3.05) is 11.4 Å². The molecular formula is C25H26N2O2. The molecule has 1 N–H and O–H groups in total. The summed E-state index contributed by atoms with van der Waals surface area (Å²) in [4.78, 5) is 27.9. The zero-order chi connectivity index (χ0) is 20.6. The molecule has 0 bridgehead atoms. The van der Waals surface area contributed by atoms with Crippen LogP contribution in [-0.4, -0.2) is 18.4 Å². The van der Waals surface area contributed by atoms with E-state index >= 15 is 0 Å². The second-order valence-electron chi connectivity index (χ2n) is 7.93. The van der Waals surface area contributed by atoms with Crippen LogP contribution in [0, 0.1) is 0 Å². The Kier molecular flexibility index (Phi) is 4.87. The van der Waals surface area contributed by atoms with Gasteiger partial charge in [-0.1, -0.05) is 60.7 Å². The summed E-state index contributed by atoms with van der Waals surface area (Å²) in [5.41, 5.74) is 2.09. The van der Waals surface area contributed by atoms with Gasteiger partial charge in [0.25, 0.3) is 0 Å². The number of likely N-dealkylation sites (N-methyl/N-ethyl adjacent to an activating group) is 1. The summed E-state index contributed by atoms with van der Waals surface area (Å²) in [5.74, 6) is -0.122. The molecule has 4 heteroatoms. The second-order valence-corrected chi connectivity index (χ2v) is 7.93. The predicted molar refractivity (Wildman–Crippen MR) is 117 cm³/mol. The van der Waals surface area contributed by atoms with E-state index in [2.05, 4.69) is 23.5 Å². The van der Waals surface area contributed by atoms with Gasteiger partial charge in [0, 0.05) is 18.7 Å². The average Bonchev–Trinajstić information content (AvgIpc) is 2.94. The first kappa shape index (κ1) is 19.2. The third-order valence-electron chi connectivity index (χ3n) is 6.00. The van der Waals surface area contributed by atoms with Crippen LogP contribution in [0.1, 0.15) is 44.4 Å². The van der Waals surface area contributed by atoms with Gasteiger partial charge in [0.2, 0.25) is 11.8 Å². The summed E-state index contributed by atoms with van der Waals surface area (Å²) in [6, 6.07) is 21.9. The largest absolute Gasteiger partial charge is 0.350 e. The molecule has 29 heavy (non-hydrogen) atoms. The molecule has 3 aromatic rings. The summed E-state index contributed by atoms with van der Waals surface area (Å²) in [7, 11) is 0. The maximum atomic E-state index is 13.1. The number of benzene rings is 3. The SMILES string of the molecule is CCN1C(=O)[C@](C)(CC(=O)N[C@H](C)c2cccc3ccccc23)c2ccccc21. The highest BCUT2D eigenvalue weighted by atomic mass is 16.2. The molecule has 148 valence electrons. The van der Waals surface area contributed by atoms with Gasteiger partial charge in [-0.3, -0.25) is 9.59 Å². The van der Waals surface area contributed by atoms with Crippen molar-refractivity contribution >= 4 is 28.3 Å². The van der Waals surface area contributed by atoms with Crippen LogP contribution in [0.5, 0.6) is 0 Å². The van der Waals surface area contributed by atoms with E-state index in [-0.39, 0.29) is 24.3 Å². The summed E-state index contributed by atoms with van der Waals surface area (Å²) in [6.45, 7) is 6.43. The molecule has 0 radical (unpaired) electrons. The zero-order valence-corrected chi connectivity index (χ0v) is 17.1. The Hall–Kier alpha value is -3.14. The number of para-hydroxylation sites is 1. The molecule has 0 aliphatic carbocycles. The Bertz CT molecular complexity index is 1090. The van der Waals surface area contributed by atoms with Gasteiger partial charge in [0.15, 0.2) is 0 Å². The summed E-state index contributed by atoms with van der Waals surface area (Å²) >= 11 is 0. The first-order valence-electron chi connectivity index (χ1n) is 10.1. The number of carbonyl (C=O) groups excluding carboxylic acids is 2. The quantitative estimate of drug-likeness (QED) is 0.689. The molecule has 4 nitrogen and oxygen atoms in total. The molecule has 0 saturated heterocycles. The third-order valence-corrected chi connectivity index (χ3v) is 6.00. The van der Waals surface area contributed by atoms with Gasteiger partial charge in [0.05, 0.1) is 11.5 Å². The number of nitrogens with one attached hydrogen (secondary N) is 1. The van der Waals surface area contributed by atoms with Crippen LogP contribution >= 0.6 is 0 Å². The fourth-order valence-corrected chi connectivity index (χ4v) is 4.50. The lowest BCUT2D eigenvalue weighted by Crippen LogP contribution is -2.42. The van der Waals surface area contributed by atoms with Crippen LogP contribution in [0.3, 0.4) is 0 Å². The van der Waals surface area contributed by atoms with Crippen LogP contribution < -0.4 is 10.2 Å². The molecule has 0 aromatic heterocycles. The van der Waals surface area contributed by atoms with Gasteiger partial charge in [-0.25, -0.2) is 0 Å². The van der Waals surface area contributed by atoms with Gasteiger partial charge < -0.3 is 10.2 Å². The van der Waals surface area contributed by atoms with Crippen molar-refractivity contribution in [3.63, 3.8) is 0 Å². The Morgan fingerprint density at radius 2 is 1.72 bits per heavy atom. The molecule has 0 spiro atoms. The van der Waals surface area contributed by atoms with E-state index in [1.165, 1.54) is 0 Å². The van der Waals surface area contributed by atoms with E-state index in [1.54, 1.807) is 4.90 Å². The molecular weight excluding hydrogens is 360 g/mol. The van der Waals surface area contributed by atoms with Crippen molar-refractivity contribution in [2.45, 2.75) is 38.6 Å². The Balaban J connectivity index is 1.57. The number of anilines is 1. The molecule has 1 aliphatic rings. The van der Waals surface area contributed by atoms with Gasteiger partial charge in [0.1, 0.15) is 0 Å². The van der Waals surface area contributed by atoms with E-state index < -0.39 is 5.41 Å².